The van der Waals surface area contributed by atoms with Crippen LogP contribution in [0.5, 0.6) is 11.5 Å². The maximum atomic E-state index is 11.9. The van der Waals surface area contributed by atoms with Gasteiger partial charge in [0.1, 0.15) is 11.5 Å². The Bertz CT molecular complexity index is 876. The minimum atomic E-state index is -0.320. The van der Waals surface area contributed by atoms with Crippen molar-refractivity contribution >= 4 is 40.5 Å². The Morgan fingerprint density at radius 3 is 2.50 bits per heavy atom. The van der Waals surface area contributed by atoms with E-state index in [0.29, 0.717) is 16.3 Å². The van der Waals surface area contributed by atoms with Gasteiger partial charge in [0.05, 0.1) is 4.91 Å². The van der Waals surface area contributed by atoms with E-state index in [1.165, 1.54) is 12.1 Å². The number of ether oxygens (including phenoxy) is 1. The second kappa shape index (κ2) is 7.75. The lowest BCUT2D eigenvalue weighted by molar-refractivity contribution is -0.118. The number of hydrogen-bond acceptors (Lipinski definition) is 6. The molecule has 0 saturated carbocycles. The summed E-state index contributed by atoms with van der Waals surface area (Å²) in [6.07, 6.45) is 1.68. The van der Waals surface area contributed by atoms with Crippen LogP contribution in [0.1, 0.15) is 5.56 Å². The second-order valence-corrected chi connectivity index (χ2v) is 6.40. The fourth-order valence-electron chi connectivity index (χ4n) is 2.14. The van der Waals surface area contributed by atoms with Gasteiger partial charge in [-0.2, -0.15) is 0 Å². The highest BCUT2D eigenvalue weighted by molar-refractivity contribution is 8.18. The Kier molecular flexibility index (Phi) is 5.23. The lowest BCUT2D eigenvalue weighted by atomic mass is 10.2. The van der Waals surface area contributed by atoms with Crippen LogP contribution in [0.15, 0.2) is 53.4 Å². The molecule has 7 nitrogen and oxygen atoms in total. The maximum Gasteiger partial charge on any atom is 0.264 e. The Hall–Kier alpha value is -3.26. The summed E-state index contributed by atoms with van der Waals surface area (Å²) in [5, 5.41) is 21.8. The first-order chi connectivity index (χ1) is 12.5. The molecule has 8 heteroatoms. The van der Waals surface area contributed by atoms with Gasteiger partial charge in [-0.05, 0) is 59.8 Å². The molecule has 0 radical (unpaired) electrons. The molecule has 132 valence electrons. The predicted octanol–water partition coefficient (Wildman–Crippen LogP) is 2.55. The molecule has 1 saturated heterocycles. The molecule has 0 bridgehead atoms. The molecule has 2 aromatic rings. The molecule has 1 fully saturated rings. The van der Waals surface area contributed by atoms with Crippen molar-refractivity contribution in [2.24, 2.45) is 0 Å². The first-order valence-electron chi connectivity index (χ1n) is 7.61. The van der Waals surface area contributed by atoms with E-state index in [-0.39, 0.29) is 29.3 Å². The molecule has 1 aliphatic rings. The lowest BCUT2D eigenvalue weighted by Crippen LogP contribution is -2.20. The van der Waals surface area contributed by atoms with Crippen molar-refractivity contribution in [2.75, 3.05) is 11.9 Å². The SMILES string of the molecule is N=C1NC(=O)/C(=C/c2ccc(OCC(=O)Nc3ccc(O)cc3)cc2)S1. The number of carbonyl (C=O) groups is 2. The number of carbonyl (C=O) groups excluding carboxylic acids is 2. The quantitative estimate of drug-likeness (QED) is 0.478. The first-order valence-corrected chi connectivity index (χ1v) is 8.42. The number of amidine groups is 1. The van der Waals surface area contributed by atoms with Crippen LogP contribution in [-0.4, -0.2) is 28.7 Å². The summed E-state index contributed by atoms with van der Waals surface area (Å²) >= 11 is 1.07. The molecule has 0 unspecified atom stereocenters. The van der Waals surface area contributed by atoms with Gasteiger partial charge in [-0.15, -0.1) is 0 Å². The lowest BCUT2D eigenvalue weighted by Gasteiger charge is -2.08. The fraction of sp³-hybridized carbons (Fsp3) is 0.0556. The van der Waals surface area contributed by atoms with Crippen molar-refractivity contribution in [3.8, 4) is 11.5 Å². The average Bonchev–Trinajstić information content (AvgIpc) is 2.93. The van der Waals surface area contributed by atoms with Crippen LogP contribution < -0.4 is 15.4 Å². The zero-order chi connectivity index (χ0) is 18.5. The zero-order valence-corrected chi connectivity index (χ0v) is 14.3. The third-order valence-electron chi connectivity index (χ3n) is 3.36. The predicted molar refractivity (Wildman–Crippen MR) is 100 cm³/mol. The molecule has 0 spiro atoms. The largest absolute Gasteiger partial charge is 0.508 e. The molecule has 3 rings (SSSR count). The molecule has 26 heavy (non-hydrogen) atoms. The highest BCUT2D eigenvalue weighted by Gasteiger charge is 2.21. The monoisotopic (exact) mass is 369 g/mol. The van der Waals surface area contributed by atoms with Crippen molar-refractivity contribution < 1.29 is 19.4 Å². The number of hydrogen-bond donors (Lipinski definition) is 4. The minimum absolute atomic E-state index is 0.112. The van der Waals surface area contributed by atoms with Gasteiger partial charge < -0.3 is 20.5 Å². The Balaban J connectivity index is 1.53. The fourth-order valence-corrected chi connectivity index (χ4v) is 2.85. The van der Waals surface area contributed by atoms with E-state index in [4.69, 9.17) is 10.1 Å². The number of anilines is 1. The van der Waals surface area contributed by atoms with E-state index in [0.717, 1.165) is 17.3 Å². The number of aromatic hydroxyl groups is 1. The van der Waals surface area contributed by atoms with Crippen LogP contribution in [0.2, 0.25) is 0 Å². The number of nitrogens with one attached hydrogen (secondary N) is 3. The van der Waals surface area contributed by atoms with E-state index in [2.05, 4.69) is 10.6 Å². The summed E-state index contributed by atoms with van der Waals surface area (Å²) in [5.41, 5.74) is 1.36. The highest BCUT2D eigenvalue weighted by Crippen LogP contribution is 2.25. The number of rotatable bonds is 5. The molecular formula is C18H15N3O4S. The minimum Gasteiger partial charge on any atom is -0.508 e. The summed E-state index contributed by atoms with van der Waals surface area (Å²) in [7, 11) is 0. The van der Waals surface area contributed by atoms with Gasteiger partial charge in [0.2, 0.25) is 0 Å². The van der Waals surface area contributed by atoms with Crippen molar-refractivity contribution in [2.45, 2.75) is 0 Å². The van der Waals surface area contributed by atoms with Crippen LogP contribution in [-0.2, 0) is 9.59 Å². The van der Waals surface area contributed by atoms with E-state index >= 15 is 0 Å². The summed E-state index contributed by atoms with van der Waals surface area (Å²) in [6.45, 7) is -0.156. The Morgan fingerprint density at radius 2 is 1.88 bits per heavy atom. The van der Waals surface area contributed by atoms with Crippen LogP contribution in [0.3, 0.4) is 0 Å². The number of phenolic OH excluding ortho intramolecular Hbond substituents is 1. The van der Waals surface area contributed by atoms with Gasteiger partial charge in [0, 0.05) is 5.69 Å². The molecule has 4 N–H and O–H groups in total. The standard InChI is InChI=1S/C18H15N3O4S/c19-18-21-17(24)15(26-18)9-11-1-7-14(8-2-11)25-10-16(23)20-12-3-5-13(22)6-4-12/h1-9,22H,10H2,(H,20,23)(H2,19,21,24)/b15-9-. The molecule has 1 heterocycles. The number of benzene rings is 2. The van der Waals surface area contributed by atoms with Gasteiger partial charge >= 0.3 is 0 Å². The molecule has 1 aliphatic heterocycles. The smallest absolute Gasteiger partial charge is 0.264 e. The molecule has 2 amide bonds. The highest BCUT2D eigenvalue weighted by atomic mass is 32.2. The molecule has 0 atom stereocenters. The molecule has 0 aromatic heterocycles. The summed E-state index contributed by atoms with van der Waals surface area (Å²) in [5.74, 6) is 0.0366. The third-order valence-corrected chi connectivity index (χ3v) is 4.19. The van der Waals surface area contributed by atoms with Crippen LogP contribution >= 0.6 is 11.8 Å². The summed E-state index contributed by atoms with van der Waals surface area (Å²) in [6, 6.07) is 13.1. The number of phenols is 1. The second-order valence-electron chi connectivity index (χ2n) is 5.35. The molecular weight excluding hydrogens is 354 g/mol. The van der Waals surface area contributed by atoms with Gasteiger partial charge in [0.25, 0.3) is 11.8 Å². The van der Waals surface area contributed by atoms with E-state index in [1.54, 1.807) is 42.5 Å². The van der Waals surface area contributed by atoms with Crippen molar-refractivity contribution in [3.63, 3.8) is 0 Å². The van der Waals surface area contributed by atoms with Crippen LogP contribution in [0, 0.1) is 5.41 Å². The topological polar surface area (TPSA) is 112 Å². The van der Waals surface area contributed by atoms with E-state index < -0.39 is 0 Å². The van der Waals surface area contributed by atoms with Crippen LogP contribution in [0.4, 0.5) is 5.69 Å². The first kappa shape index (κ1) is 17.6. The average molecular weight is 369 g/mol. The maximum absolute atomic E-state index is 11.9. The Morgan fingerprint density at radius 1 is 1.19 bits per heavy atom. The van der Waals surface area contributed by atoms with E-state index in [9.17, 15) is 14.7 Å². The van der Waals surface area contributed by atoms with Crippen molar-refractivity contribution in [3.05, 3.63) is 59.0 Å². The number of amides is 2. The van der Waals surface area contributed by atoms with Crippen LogP contribution in [0.25, 0.3) is 6.08 Å². The van der Waals surface area contributed by atoms with E-state index in [1.807, 2.05) is 0 Å². The zero-order valence-electron chi connectivity index (χ0n) is 13.5. The summed E-state index contributed by atoms with van der Waals surface area (Å²) in [4.78, 5) is 23.9. The van der Waals surface area contributed by atoms with Gasteiger partial charge in [0.15, 0.2) is 11.8 Å². The van der Waals surface area contributed by atoms with Crippen molar-refractivity contribution in [1.29, 1.82) is 5.41 Å². The molecule has 2 aromatic carbocycles. The van der Waals surface area contributed by atoms with Crippen molar-refractivity contribution in [1.82, 2.24) is 5.32 Å². The third kappa shape index (κ3) is 4.64. The normalized spacial score (nSPS) is 15.0. The number of thioether (sulfide) groups is 1. The Labute approximate surface area is 153 Å². The van der Waals surface area contributed by atoms with Gasteiger partial charge in [-0.3, -0.25) is 15.0 Å². The molecule has 0 aliphatic carbocycles. The summed E-state index contributed by atoms with van der Waals surface area (Å²) < 4.78 is 5.43. The van der Waals surface area contributed by atoms with Gasteiger partial charge in [-0.1, -0.05) is 12.1 Å². The van der Waals surface area contributed by atoms with Gasteiger partial charge in [-0.25, -0.2) is 0 Å².